The number of hydrogen-bond donors (Lipinski definition) is 0. The van der Waals surface area contributed by atoms with Crippen LogP contribution in [0.5, 0.6) is 0 Å². The molecule has 0 bridgehead atoms. The van der Waals surface area contributed by atoms with Crippen molar-refractivity contribution < 1.29 is 13.2 Å². The first kappa shape index (κ1) is 16.7. The summed E-state index contributed by atoms with van der Waals surface area (Å²) in [5.74, 6) is 1.29. The van der Waals surface area contributed by atoms with Gasteiger partial charge in [-0.3, -0.25) is 4.79 Å². The lowest BCUT2D eigenvalue weighted by atomic mass is 9.72. The second kappa shape index (κ2) is 6.65. The summed E-state index contributed by atoms with van der Waals surface area (Å²) in [6.07, 6.45) is 5.76. The Kier molecular flexibility index (Phi) is 5.30. The van der Waals surface area contributed by atoms with Gasteiger partial charge in [0, 0.05) is 19.6 Å². The smallest absolute Gasteiger partial charge is 0.238 e. The molecule has 0 aromatic rings. The number of rotatable bonds is 4. The van der Waals surface area contributed by atoms with Gasteiger partial charge in [-0.25, -0.2) is 8.42 Å². The number of carbonyl (C=O) groups is 1. The highest BCUT2D eigenvalue weighted by atomic mass is 32.2. The number of sulfonamides is 1. The molecule has 2 aliphatic rings. The molecule has 0 spiro atoms. The van der Waals surface area contributed by atoms with E-state index in [-0.39, 0.29) is 18.2 Å². The summed E-state index contributed by atoms with van der Waals surface area (Å²) < 4.78 is 24.8. The van der Waals surface area contributed by atoms with Gasteiger partial charge in [-0.15, -0.1) is 0 Å². The molecule has 0 N–H and O–H groups in total. The molecule has 0 unspecified atom stereocenters. The summed E-state index contributed by atoms with van der Waals surface area (Å²) >= 11 is 0. The van der Waals surface area contributed by atoms with Crippen LogP contribution < -0.4 is 0 Å². The zero-order valence-corrected chi connectivity index (χ0v) is 14.2. The van der Waals surface area contributed by atoms with Crippen molar-refractivity contribution in [2.75, 3.05) is 25.9 Å². The van der Waals surface area contributed by atoms with Crippen LogP contribution in [0.25, 0.3) is 0 Å². The maximum atomic E-state index is 12.6. The average Bonchev–Trinajstić information content (AvgIpc) is 2.47. The van der Waals surface area contributed by atoms with E-state index < -0.39 is 10.0 Å². The van der Waals surface area contributed by atoms with Crippen LogP contribution in [0.2, 0.25) is 0 Å². The summed E-state index contributed by atoms with van der Waals surface area (Å²) in [4.78, 5) is 14.5. The van der Waals surface area contributed by atoms with Gasteiger partial charge < -0.3 is 4.90 Å². The fourth-order valence-electron chi connectivity index (χ4n) is 3.82. The Balaban J connectivity index is 2.05. The van der Waals surface area contributed by atoms with Crippen molar-refractivity contribution in [3.8, 4) is 0 Å². The molecule has 1 saturated carbocycles. The SMILES string of the molecule is CCS(=O)(=O)N(C)CC(=O)N1CC[C@H](C)[C@@H]2CCCC[C@@H]21. The van der Waals surface area contributed by atoms with Crippen molar-refractivity contribution >= 4 is 15.9 Å². The highest BCUT2D eigenvalue weighted by Gasteiger charge is 2.39. The van der Waals surface area contributed by atoms with Gasteiger partial charge in [0.2, 0.25) is 15.9 Å². The van der Waals surface area contributed by atoms with E-state index in [1.165, 1.54) is 30.6 Å². The zero-order valence-electron chi connectivity index (χ0n) is 13.4. The third-order valence-corrected chi connectivity index (χ3v) is 7.06. The Labute approximate surface area is 128 Å². The predicted molar refractivity (Wildman–Crippen MR) is 83.3 cm³/mol. The van der Waals surface area contributed by atoms with Crippen LogP contribution in [0, 0.1) is 11.8 Å². The highest BCUT2D eigenvalue weighted by Crippen LogP contribution is 2.38. The first-order valence-corrected chi connectivity index (χ1v) is 9.71. The minimum atomic E-state index is -3.29. The van der Waals surface area contributed by atoms with Crippen LogP contribution in [0.1, 0.15) is 46.0 Å². The summed E-state index contributed by atoms with van der Waals surface area (Å²) in [6.45, 7) is 4.66. The quantitative estimate of drug-likeness (QED) is 0.793. The van der Waals surface area contributed by atoms with E-state index in [9.17, 15) is 13.2 Å². The van der Waals surface area contributed by atoms with Gasteiger partial charge in [0.15, 0.2) is 0 Å². The third-order valence-electron chi connectivity index (χ3n) is 5.26. The van der Waals surface area contributed by atoms with Crippen LogP contribution in [-0.2, 0) is 14.8 Å². The Morgan fingerprint density at radius 2 is 1.90 bits per heavy atom. The summed E-state index contributed by atoms with van der Waals surface area (Å²) in [6, 6.07) is 0.327. The fourth-order valence-corrected chi connectivity index (χ4v) is 4.57. The monoisotopic (exact) mass is 316 g/mol. The van der Waals surface area contributed by atoms with Crippen molar-refractivity contribution in [2.24, 2.45) is 11.8 Å². The van der Waals surface area contributed by atoms with Gasteiger partial charge >= 0.3 is 0 Å². The number of likely N-dealkylation sites (N-methyl/N-ethyl adjacent to an activating group) is 1. The highest BCUT2D eigenvalue weighted by molar-refractivity contribution is 7.89. The minimum absolute atomic E-state index is 0.0201. The van der Waals surface area contributed by atoms with E-state index in [0.29, 0.717) is 17.9 Å². The van der Waals surface area contributed by atoms with E-state index in [4.69, 9.17) is 0 Å². The van der Waals surface area contributed by atoms with E-state index >= 15 is 0 Å². The predicted octanol–water partition coefficient (Wildman–Crippen LogP) is 1.70. The Morgan fingerprint density at radius 3 is 2.57 bits per heavy atom. The number of likely N-dealkylation sites (tertiary alicyclic amines) is 1. The minimum Gasteiger partial charge on any atom is -0.338 e. The second-order valence-corrected chi connectivity index (χ2v) is 8.89. The van der Waals surface area contributed by atoms with Gasteiger partial charge in [-0.1, -0.05) is 19.8 Å². The van der Waals surface area contributed by atoms with Gasteiger partial charge in [0.05, 0.1) is 12.3 Å². The largest absolute Gasteiger partial charge is 0.338 e. The van der Waals surface area contributed by atoms with Crippen LogP contribution in [0.3, 0.4) is 0 Å². The maximum Gasteiger partial charge on any atom is 0.238 e. The molecule has 5 nitrogen and oxygen atoms in total. The molecule has 0 aromatic heterocycles. The first-order valence-electron chi connectivity index (χ1n) is 8.10. The number of hydrogen-bond acceptors (Lipinski definition) is 3. The Hall–Kier alpha value is -0.620. The normalized spacial score (nSPS) is 30.3. The number of piperidine rings is 1. The van der Waals surface area contributed by atoms with Crippen molar-refractivity contribution in [1.82, 2.24) is 9.21 Å². The average molecular weight is 316 g/mol. The van der Waals surface area contributed by atoms with Crippen LogP contribution >= 0.6 is 0 Å². The van der Waals surface area contributed by atoms with Gasteiger partial charge in [-0.05, 0) is 38.0 Å². The molecule has 1 aliphatic carbocycles. The van der Waals surface area contributed by atoms with Gasteiger partial charge in [-0.2, -0.15) is 4.31 Å². The standard InChI is InChI=1S/C15H28N2O3S/c1-4-21(19,20)16(3)11-15(18)17-10-9-12(2)13-7-5-6-8-14(13)17/h12-14H,4-11H2,1-3H3/t12-,13-,14-/m0/s1. The summed E-state index contributed by atoms with van der Waals surface area (Å²) in [7, 11) is -1.78. The zero-order chi connectivity index (χ0) is 15.6. The number of amides is 1. The van der Waals surface area contributed by atoms with E-state index in [2.05, 4.69) is 6.92 Å². The third kappa shape index (κ3) is 3.59. The van der Waals surface area contributed by atoms with E-state index in [1.54, 1.807) is 6.92 Å². The Bertz CT molecular complexity index is 477. The topological polar surface area (TPSA) is 57.7 Å². The molecular weight excluding hydrogens is 288 g/mol. The molecule has 1 aliphatic heterocycles. The molecular formula is C15H28N2O3S. The lowest BCUT2D eigenvalue weighted by Crippen LogP contribution is -2.54. The fraction of sp³-hybridized carbons (Fsp3) is 0.933. The number of nitrogens with zero attached hydrogens (tertiary/aromatic N) is 2. The van der Waals surface area contributed by atoms with Crippen LogP contribution in [-0.4, -0.2) is 55.5 Å². The maximum absolute atomic E-state index is 12.6. The summed E-state index contributed by atoms with van der Waals surface area (Å²) in [5.41, 5.74) is 0. The van der Waals surface area contributed by atoms with Gasteiger partial charge in [0.1, 0.15) is 0 Å². The molecule has 0 aromatic carbocycles. The molecule has 2 rings (SSSR count). The lowest BCUT2D eigenvalue weighted by Gasteiger charge is -2.47. The van der Waals surface area contributed by atoms with Crippen LogP contribution in [0.4, 0.5) is 0 Å². The molecule has 1 amide bonds. The van der Waals surface area contributed by atoms with E-state index in [1.807, 2.05) is 4.90 Å². The Morgan fingerprint density at radius 1 is 1.24 bits per heavy atom. The molecule has 1 heterocycles. The molecule has 2 fully saturated rings. The number of fused-ring (bicyclic) bond motifs is 1. The van der Waals surface area contributed by atoms with E-state index in [0.717, 1.165) is 19.4 Å². The van der Waals surface area contributed by atoms with Crippen molar-refractivity contribution in [1.29, 1.82) is 0 Å². The molecule has 21 heavy (non-hydrogen) atoms. The first-order chi connectivity index (χ1) is 9.86. The second-order valence-electron chi connectivity index (χ2n) is 6.53. The molecule has 3 atom stereocenters. The lowest BCUT2D eigenvalue weighted by molar-refractivity contribution is -0.139. The van der Waals surface area contributed by atoms with Crippen molar-refractivity contribution in [2.45, 2.75) is 52.0 Å². The van der Waals surface area contributed by atoms with Crippen molar-refractivity contribution in [3.05, 3.63) is 0 Å². The molecule has 122 valence electrons. The number of carbonyl (C=O) groups excluding carboxylic acids is 1. The molecule has 1 saturated heterocycles. The summed E-state index contributed by atoms with van der Waals surface area (Å²) in [5, 5.41) is 0. The molecule has 6 heteroatoms. The van der Waals surface area contributed by atoms with Crippen LogP contribution in [0.15, 0.2) is 0 Å². The molecule has 0 radical (unpaired) electrons. The van der Waals surface area contributed by atoms with Gasteiger partial charge in [0.25, 0.3) is 0 Å². The van der Waals surface area contributed by atoms with Crippen molar-refractivity contribution in [3.63, 3.8) is 0 Å².